The van der Waals surface area contributed by atoms with Crippen molar-refractivity contribution in [2.24, 2.45) is 0 Å². The highest BCUT2D eigenvalue weighted by Gasteiger charge is 2.16. The van der Waals surface area contributed by atoms with Crippen molar-refractivity contribution in [3.63, 3.8) is 0 Å². The van der Waals surface area contributed by atoms with Crippen molar-refractivity contribution in [3.05, 3.63) is 52.5 Å². The van der Waals surface area contributed by atoms with Gasteiger partial charge in [0.05, 0.1) is 7.11 Å². The summed E-state index contributed by atoms with van der Waals surface area (Å²) in [4.78, 5) is 23.0. The number of aromatic carboxylic acids is 1. The molecule has 0 saturated carbocycles. The van der Waals surface area contributed by atoms with E-state index in [1.165, 1.54) is 19.2 Å². The van der Waals surface area contributed by atoms with Crippen LogP contribution >= 0.6 is 15.9 Å². The zero-order valence-electron chi connectivity index (χ0n) is 12.1. The number of carbonyl (C=O) groups is 2. The van der Waals surface area contributed by atoms with Crippen LogP contribution in [0.15, 0.2) is 46.9 Å². The molecule has 0 aromatic heterocycles. The zero-order chi connectivity index (χ0) is 16.8. The van der Waals surface area contributed by atoms with Gasteiger partial charge in [0.15, 0.2) is 18.1 Å². The first-order valence-electron chi connectivity index (χ1n) is 6.50. The Morgan fingerprint density at radius 3 is 2.43 bits per heavy atom. The third kappa shape index (κ3) is 4.46. The molecule has 0 saturated heterocycles. The maximum Gasteiger partial charge on any atom is 0.349 e. The van der Waals surface area contributed by atoms with E-state index in [0.717, 1.165) is 0 Å². The van der Waals surface area contributed by atoms with Crippen molar-refractivity contribution in [1.82, 2.24) is 0 Å². The number of carboxylic acid groups (broad SMARTS) is 1. The number of halogens is 1. The van der Waals surface area contributed by atoms with Crippen molar-refractivity contribution in [3.8, 4) is 17.2 Å². The minimum atomic E-state index is -1.19. The Labute approximate surface area is 140 Å². The van der Waals surface area contributed by atoms with E-state index >= 15 is 0 Å². The van der Waals surface area contributed by atoms with E-state index in [0.29, 0.717) is 16.0 Å². The van der Waals surface area contributed by atoms with Crippen molar-refractivity contribution in [1.29, 1.82) is 0 Å². The maximum atomic E-state index is 11.9. The molecule has 0 spiro atoms. The van der Waals surface area contributed by atoms with Gasteiger partial charge in [-0.3, -0.25) is 0 Å². The van der Waals surface area contributed by atoms with Gasteiger partial charge in [0.2, 0.25) is 0 Å². The molecular weight excluding hydrogens is 368 g/mol. The fraction of sp³-hybridized carbons (Fsp3) is 0.125. The highest BCUT2D eigenvalue weighted by molar-refractivity contribution is 9.10. The van der Waals surface area contributed by atoms with E-state index in [-0.39, 0.29) is 17.9 Å². The number of hydrogen-bond donors (Lipinski definition) is 1. The van der Waals surface area contributed by atoms with Crippen molar-refractivity contribution >= 4 is 27.9 Å². The molecule has 1 N–H and O–H groups in total. The molecule has 0 bridgehead atoms. The molecule has 0 aliphatic heterocycles. The normalized spacial score (nSPS) is 10.0. The number of esters is 1. The number of carboxylic acids is 1. The van der Waals surface area contributed by atoms with E-state index in [2.05, 4.69) is 15.9 Å². The lowest BCUT2D eigenvalue weighted by Gasteiger charge is -2.11. The summed E-state index contributed by atoms with van der Waals surface area (Å²) in [7, 11) is 1.49. The summed E-state index contributed by atoms with van der Waals surface area (Å²) < 4.78 is 16.0. The molecule has 0 amide bonds. The van der Waals surface area contributed by atoms with Crippen LogP contribution in [-0.4, -0.2) is 30.8 Å². The molecule has 6 nitrogen and oxygen atoms in total. The van der Waals surface area contributed by atoms with Gasteiger partial charge in [-0.25, -0.2) is 9.59 Å². The monoisotopic (exact) mass is 380 g/mol. The van der Waals surface area contributed by atoms with Gasteiger partial charge in [0.25, 0.3) is 0 Å². The van der Waals surface area contributed by atoms with Gasteiger partial charge in [-0.1, -0.05) is 28.1 Å². The van der Waals surface area contributed by atoms with Gasteiger partial charge < -0.3 is 19.3 Å². The number of ether oxygens (including phenoxy) is 3. The summed E-state index contributed by atoms with van der Waals surface area (Å²) in [6.45, 7) is -0.379. The summed E-state index contributed by atoms with van der Waals surface area (Å²) in [5.41, 5.74) is -0.120. The first kappa shape index (κ1) is 16.8. The van der Waals surface area contributed by atoms with Crippen LogP contribution in [0.4, 0.5) is 0 Å². The first-order chi connectivity index (χ1) is 11.0. The topological polar surface area (TPSA) is 82.1 Å². The van der Waals surface area contributed by atoms with E-state index < -0.39 is 11.9 Å². The molecule has 2 aromatic rings. The van der Waals surface area contributed by atoms with Crippen LogP contribution in [0.1, 0.15) is 10.4 Å². The third-order valence-electron chi connectivity index (χ3n) is 2.81. The van der Waals surface area contributed by atoms with Crippen LogP contribution in [-0.2, 0) is 4.79 Å². The minimum absolute atomic E-state index is 0.0469. The molecule has 0 atom stereocenters. The fourth-order valence-electron chi connectivity index (χ4n) is 1.79. The van der Waals surface area contributed by atoms with Gasteiger partial charge >= 0.3 is 11.9 Å². The SMILES string of the molecule is COc1ccccc1OCC(=O)Oc1ccc(Br)cc1C(=O)O. The Morgan fingerprint density at radius 1 is 1.09 bits per heavy atom. The van der Waals surface area contributed by atoms with Crippen LogP contribution in [0, 0.1) is 0 Å². The average Bonchev–Trinajstić information content (AvgIpc) is 2.54. The fourth-order valence-corrected chi connectivity index (χ4v) is 2.15. The van der Waals surface area contributed by atoms with E-state index in [4.69, 9.17) is 19.3 Å². The molecule has 0 radical (unpaired) electrons. The van der Waals surface area contributed by atoms with Gasteiger partial charge in [-0.05, 0) is 30.3 Å². The second-order valence-electron chi connectivity index (χ2n) is 4.36. The first-order valence-corrected chi connectivity index (χ1v) is 7.30. The molecule has 0 aliphatic rings. The molecule has 0 unspecified atom stereocenters. The zero-order valence-corrected chi connectivity index (χ0v) is 13.7. The molecular formula is C16H13BrO6. The highest BCUT2D eigenvalue weighted by Crippen LogP contribution is 2.26. The molecule has 7 heteroatoms. The Bertz CT molecular complexity index is 728. The Morgan fingerprint density at radius 2 is 1.78 bits per heavy atom. The second-order valence-corrected chi connectivity index (χ2v) is 5.27. The molecule has 120 valence electrons. The maximum absolute atomic E-state index is 11.9. The summed E-state index contributed by atoms with van der Waals surface area (Å²) in [6, 6.07) is 11.2. The van der Waals surface area contributed by atoms with Crippen LogP contribution in [0.25, 0.3) is 0 Å². The number of methoxy groups -OCH3 is 1. The van der Waals surface area contributed by atoms with Crippen molar-refractivity contribution < 1.29 is 28.9 Å². The van der Waals surface area contributed by atoms with Crippen LogP contribution in [0.3, 0.4) is 0 Å². The quantitative estimate of drug-likeness (QED) is 0.612. The second kappa shape index (κ2) is 7.64. The van der Waals surface area contributed by atoms with E-state index in [1.807, 2.05) is 0 Å². The van der Waals surface area contributed by atoms with E-state index in [9.17, 15) is 9.59 Å². The Balaban J connectivity index is 2.04. The van der Waals surface area contributed by atoms with Crippen molar-refractivity contribution in [2.45, 2.75) is 0 Å². The molecule has 2 rings (SSSR count). The molecule has 0 fully saturated rings. The summed E-state index contributed by atoms with van der Waals surface area (Å²) in [5, 5.41) is 9.12. The Hall–Kier alpha value is -2.54. The number of para-hydroxylation sites is 2. The minimum Gasteiger partial charge on any atom is -0.493 e. The molecule has 23 heavy (non-hydrogen) atoms. The highest BCUT2D eigenvalue weighted by atomic mass is 79.9. The lowest BCUT2D eigenvalue weighted by Crippen LogP contribution is -2.19. The van der Waals surface area contributed by atoms with E-state index in [1.54, 1.807) is 30.3 Å². The van der Waals surface area contributed by atoms with Crippen LogP contribution in [0.5, 0.6) is 17.2 Å². The predicted octanol–water partition coefficient (Wildman–Crippen LogP) is 3.14. The number of rotatable bonds is 6. The van der Waals surface area contributed by atoms with Gasteiger partial charge in [0.1, 0.15) is 11.3 Å². The number of benzene rings is 2. The van der Waals surface area contributed by atoms with Crippen molar-refractivity contribution in [2.75, 3.05) is 13.7 Å². The van der Waals surface area contributed by atoms with Gasteiger partial charge in [0, 0.05) is 4.47 Å². The smallest absolute Gasteiger partial charge is 0.349 e. The summed E-state index contributed by atoms with van der Waals surface area (Å²) in [5.74, 6) is -1.09. The summed E-state index contributed by atoms with van der Waals surface area (Å²) >= 11 is 3.17. The number of carbonyl (C=O) groups excluding carboxylic acids is 1. The Kier molecular flexibility index (Phi) is 5.59. The average molecular weight is 381 g/mol. The molecule has 0 aliphatic carbocycles. The van der Waals surface area contributed by atoms with Crippen LogP contribution in [0.2, 0.25) is 0 Å². The summed E-state index contributed by atoms with van der Waals surface area (Å²) in [6.07, 6.45) is 0. The standard InChI is InChI=1S/C16H13BrO6/c1-21-13-4-2-3-5-14(13)22-9-15(18)23-12-7-6-10(17)8-11(12)16(19)20/h2-8H,9H2,1H3,(H,19,20). The van der Waals surface area contributed by atoms with Crippen LogP contribution < -0.4 is 14.2 Å². The lowest BCUT2D eigenvalue weighted by atomic mass is 10.2. The van der Waals surface area contributed by atoms with Gasteiger partial charge in [-0.2, -0.15) is 0 Å². The third-order valence-corrected chi connectivity index (χ3v) is 3.30. The predicted molar refractivity (Wildman–Crippen MR) is 85.2 cm³/mol. The molecule has 2 aromatic carbocycles. The van der Waals surface area contributed by atoms with Gasteiger partial charge in [-0.15, -0.1) is 0 Å². The number of hydrogen-bond acceptors (Lipinski definition) is 5. The largest absolute Gasteiger partial charge is 0.493 e. The lowest BCUT2D eigenvalue weighted by molar-refractivity contribution is -0.136. The molecule has 0 heterocycles.